The van der Waals surface area contributed by atoms with Crippen LogP contribution in [0.3, 0.4) is 0 Å². The van der Waals surface area contributed by atoms with Gasteiger partial charge in [0.2, 0.25) is 0 Å². The van der Waals surface area contributed by atoms with E-state index in [2.05, 4.69) is 31.8 Å². The van der Waals surface area contributed by atoms with Crippen LogP contribution >= 0.6 is 11.3 Å². The maximum Gasteiger partial charge on any atom is 0.166 e. The number of phenols is 1. The van der Waals surface area contributed by atoms with E-state index in [0.29, 0.717) is 22.8 Å². The largest absolute Gasteiger partial charge is 0.504 e. The average Bonchev–Trinajstić information content (AvgIpc) is 2.96. The molecule has 0 saturated heterocycles. The van der Waals surface area contributed by atoms with Crippen LogP contribution < -0.4 is 4.74 Å². The molecule has 1 aromatic heterocycles. The summed E-state index contributed by atoms with van der Waals surface area (Å²) < 4.78 is 5.13. The number of thiophene rings is 1. The van der Waals surface area contributed by atoms with Crippen LogP contribution in [0.25, 0.3) is 0 Å². The summed E-state index contributed by atoms with van der Waals surface area (Å²) in [4.78, 5) is 5.82. The molecule has 5 heteroatoms. The molecule has 0 unspecified atom stereocenters. The molecule has 136 valence electrons. The lowest BCUT2D eigenvalue weighted by atomic mass is 9.72. The minimum Gasteiger partial charge on any atom is -0.504 e. The Morgan fingerprint density at radius 2 is 2.15 bits per heavy atom. The Hall–Kier alpha value is -2.32. The molecule has 0 aliphatic heterocycles. The molecular formula is C21H24N2O2S. The first-order valence-electron chi connectivity index (χ1n) is 8.79. The molecule has 26 heavy (non-hydrogen) atoms. The van der Waals surface area contributed by atoms with E-state index in [0.717, 1.165) is 24.3 Å². The molecule has 1 aliphatic carbocycles. The fourth-order valence-electron chi connectivity index (χ4n) is 3.45. The predicted octanol–water partition coefficient (Wildman–Crippen LogP) is 5.24. The highest BCUT2D eigenvalue weighted by Gasteiger charge is 2.32. The number of benzene rings is 1. The van der Waals surface area contributed by atoms with E-state index < -0.39 is 0 Å². The van der Waals surface area contributed by atoms with Crippen LogP contribution in [0, 0.1) is 22.7 Å². The molecule has 0 spiro atoms. The van der Waals surface area contributed by atoms with Gasteiger partial charge in [-0.3, -0.25) is 0 Å². The quantitative estimate of drug-likeness (QED) is 0.754. The van der Waals surface area contributed by atoms with Gasteiger partial charge in [0, 0.05) is 16.7 Å². The van der Waals surface area contributed by atoms with E-state index in [1.807, 2.05) is 0 Å². The Balaban J connectivity index is 1.93. The topological polar surface area (TPSA) is 65.6 Å². The van der Waals surface area contributed by atoms with Gasteiger partial charge in [0.15, 0.2) is 11.5 Å². The van der Waals surface area contributed by atoms with Crippen LogP contribution in [0.4, 0.5) is 5.00 Å². The number of hydrogen-bond acceptors (Lipinski definition) is 5. The van der Waals surface area contributed by atoms with Crippen molar-refractivity contribution in [2.75, 3.05) is 7.11 Å². The van der Waals surface area contributed by atoms with Gasteiger partial charge in [-0.15, -0.1) is 11.3 Å². The summed E-state index contributed by atoms with van der Waals surface area (Å²) in [6.45, 7) is 6.85. The second-order valence-corrected chi connectivity index (χ2v) is 8.84. The number of phenolic OH excluding ortho intramolecular Hbond substituents is 1. The van der Waals surface area contributed by atoms with Crippen molar-refractivity contribution >= 4 is 22.6 Å². The fraction of sp³-hybridized carbons (Fsp3) is 0.429. The minimum absolute atomic E-state index is 0.0615. The molecule has 4 nitrogen and oxygen atoms in total. The first-order chi connectivity index (χ1) is 12.3. The van der Waals surface area contributed by atoms with Crippen LogP contribution in [0.15, 0.2) is 23.2 Å². The number of para-hydroxylation sites is 1. The molecule has 1 aromatic carbocycles. The zero-order valence-electron chi connectivity index (χ0n) is 15.7. The Morgan fingerprint density at radius 3 is 2.81 bits per heavy atom. The molecule has 1 heterocycles. The fourth-order valence-corrected chi connectivity index (χ4v) is 4.67. The Kier molecular flexibility index (Phi) is 5.06. The van der Waals surface area contributed by atoms with Gasteiger partial charge < -0.3 is 9.84 Å². The Bertz CT molecular complexity index is 885. The highest BCUT2D eigenvalue weighted by Crippen LogP contribution is 2.45. The molecule has 2 aromatic rings. The summed E-state index contributed by atoms with van der Waals surface area (Å²) in [7, 11) is 1.52. The van der Waals surface area contributed by atoms with Crippen molar-refractivity contribution in [1.82, 2.24) is 0 Å². The number of rotatable bonds is 3. The second-order valence-electron chi connectivity index (χ2n) is 7.76. The normalized spacial score (nSPS) is 17.1. The van der Waals surface area contributed by atoms with E-state index >= 15 is 0 Å². The van der Waals surface area contributed by atoms with Gasteiger partial charge in [-0.2, -0.15) is 5.26 Å². The second kappa shape index (κ2) is 7.13. The van der Waals surface area contributed by atoms with E-state index in [9.17, 15) is 10.4 Å². The smallest absolute Gasteiger partial charge is 0.166 e. The van der Waals surface area contributed by atoms with Crippen molar-refractivity contribution < 1.29 is 9.84 Å². The first-order valence-corrected chi connectivity index (χ1v) is 9.61. The number of ether oxygens (including phenoxy) is 1. The van der Waals surface area contributed by atoms with E-state index in [4.69, 9.17) is 4.74 Å². The Labute approximate surface area is 158 Å². The maximum absolute atomic E-state index is 10.2. The molecular weight excluding hydrogens is 344 g/mol. The van der Waals surface area contributed by atoms with Crippen LogP contribution in [0.5, 0.6) is 11.5 Å². The van der Waals surface area contributed by atoms with Crippen molar-refractivity contribution in [3.8, 4) is 17.6 Å². The molecule has 0 radical (unpaired) electrons. The molecule has 0 saturated carbocycles. The molecule has 0 amide bonds. The van der Waals surface area contributed by atoms with Gasteiger partial charge in [0.1, 0.15) is 11.1 Å². The SMILES string of the molecule is COc1cccc(/C=N/c2sc3c(c2C#N)CC[C@@H](C(C)(C)C)C3)c1O. The van der Waals surface area contributed by atoms with Gasteiger partial charge in [0.05, 0.1) is 12.7 Å². The number of hydrogen-bond donors (Lipinski definition) is 1. The van der Waals surface area contributed by atoms with Crippen molar-refractivity contribution in [1.29, 1.82) is 5.26 Å². The number of fused-ring (bicyclic) bond motifs is 1. The highest BCUT2D eigenvalue weighted by atomic mass is 32.1. The van der Waals surface area contributed by atoms with Crippen LogP contribution in [-0.2, 0) is 12.8 Å². The predicted molar refractivity (Wildman–Crippen MR) is 106 cm³/mol. The third-order valence-electron chi connectivity index (χ3n) is 5.15. The van der Waals surface area contributed by atoms with Crippen molar-refractivity contribution in [3.05, 3.63) is 39.8 Å². The van der Waals surface area contributed by atoms with Gasteiger partial charge in [-0.05, 0) is 48.3 Å². The maximum atomic E-state index is 10.2. The number of aliphatic imine (C=N–C) groups is 1. The standard InChI is InChI=1S/C21H24N2O2S/c1-21(2,3)14-8-9-15-16(11-22)20(26-18(15)10-14)23-12-13-6-5-7-17(25-4)19(13)24/h5-7,12,14,24H,8-10H2,1-4H3/b23-12+/t14-/m1/s1. The molecule has 1 aliphatic rings. The highest BCUT2D eigenvalue weighted by molar-refractivity contribution is 7.16. The lowest BCUT2D eigenvalue weighted by Gasteiger charge is -2.33. The molecule has 1 atom stereocenters. The van der Waals surface area contributed by atoms with Crippen LogP contribution in [0.1, 0.15) is 48.8 Å². The lowest BCUT2D eigenvalue weighted by molar-refractivity contribution is 0.218. The summed E-state index contributed by atoms with van der Waals surface area (Å²) in [5.41, 5.74) is 2.70. The third-order valence-corrected chi connectivity index (χ3v) is 6.32. The molecule has 3 rings (SSSR count). The third kappa shape index (κ3) is 3.47. The summed E-state index contributed by atoms with van der Waals surface area (Å²) in [6.07, 6.45) is 4.67. The first kappa shape index (κ1) is 18.5. The van der Waals surface area contributed by atoms with Gasteiger partial charge in [-0.25, -0.2) is 4.99 Å². The van der Waals surface area contributed by atoms with Crippen LogP contribution in [-0.4, -0.2) is 18.4 Å². The van der Waals surface area contributed by atoms with E-state index in [-0.39, 0.29) is 11.2 Å². The molecule has 0 fully saturated rings. The number of methoxy groups -OCH3 is 1. The number of aromatic hydroxyl groups is 1. The summed E-state index contributed by atoms with van der Waals surface area (Å²) in [5, 5.41) is 20.6. The minimum atomic E-state index is 0.0615. The Morgan fingerprint density at radius 1 is 1.38 bits per heavy atom. The zero-order chi connectivity index (χ0) is 18.9. The lowest BCUT2D eigenvalue weighted by Crippen LogP contribution is -2.26. The number of nitrogens with zero attached hydrogens (tertiary/aromatic N) is 2. The van der Waals surface area contributed by atoms with Crippen LogP contribution in [0.2, 0.25) is 0 Å². The summed E-state index contributed by atoms with van der Waals surface area (Å²) in [6, 6.07) is 7.62. The monoisotopic (exact) mass is 368 g/mol. The van der Waals surface area contributed by atoms with Crippen molar-refractivity contribution in [3.63, 3.8) is 0 Å². The van der Waals surface area contributed by atoms with Gasteiger partial charge >= 0.3 is 0 Å². The van der Waals surface area contributed by atoms with Crippen molar-refractivity contribution in [2.24, 2.45) is 16.3 Å². The van der Waals surface area contributed by atoms with Gasteiger partial charge in [0.25, 0.3) is 0 Å². The summed E-state index contributed by atoms with van der Waals surface area (Å²) >= 11 is 1.61. The van der Waals surface area contributed by atoms with E-state index in [1.54, 1.807) is 35.8 Å². The van der Waals surface area contributed by atoms with Gasteiger partial charge in [-0.1, -0.05) is 26.8 Å². The molecule has 0 bridgehead atoms. The number of nitriles is 1. The zero-order valence-corrected chi connectivity index (χ0v) is 16.5. The average molecular weight is 369 g/mol. The molecule has 1 N–H and O–H groups in total. The van der Waals surface area contributed by atoms with E-state index in [1.165, 1.54) is 17.6 Å². The van der Waals surface area contributed by atoms with Crippen molar-refractivity contribution in [2.45, 2.75) is 40.0 Å². The summed E-state index contributed by atoms with van der Waals surface area (Å²) in [5.74, 6) is 1.10.